The van der Waals surface area contributed by atoms with Crippen LogP contribution in [-0.2, 0) is 0 Å². The highest BCUT2D eigenvalue weighted by atomic mass is 32.2. The number of nitrogens with two attached hydrogens (primary N) is 2. The molecule has 66 valence electrons. The van der Waals surface area contributed by atoms with Gasteiger partial charge in [-0.3, -0.25) is 0 Å². The maximum absolute atomic E-state index is 8.59. The van der Waals surface area contributed by atoms with Crippen molar-refractivity contribution in [1.29, 1.82) is 0 Å². The number of aliphatic hydroxyl groups excluding tert-OH is 1. The number of hydrogen-bond acceptors (Lipinski definition) is 4. The third kappa shape index (κ3) is 2.32. The first-order valence-corrected chi connectivity index (χ1v) is 4.61. The van der Waals surface area contributed by atoms with Gasteiger partial charge in [-0.2, -0.15) is 0 Å². The molecule has 5 N–H and O–H groups in total. The van der Waals surface area contributed by atoms with E-state index >= 15 is 0 Å². The Morgan fingerprint density at radius 3 is 2.67 bits per heavy atom. The summed E-state index contributed by atoms with van der Waals surface area (Å²) in [5, 5.41) is 8.59. The van der Waals surface area contributed by atoms with Crippen LogP contribution in [0.2, 0.25) is 0 Å². The van der Waals surface area contributed by atoms with Crippen LogP contribution < -0.4 is 11.5 Å². The molecule has 3 nitrogen and oxygen atoms in total. The summed E-state index contributed by atoms with van der Waals surface area (Å²) in [6.45, 7) is 0.161. The lowest BCUT2D eigenvalue weighted by Gasteiger charge is -2.04. The Morgan fingerprint density at radius 1 is 1.33 bits per heavy atom. The zero-order valence-corrected chi connectivity index (χ0v) is 7.47. The Balaban J connectivity index is 2.72. The fraction of sp³-hybridized carbons (Fsp3) is 0.250. The molecular formula is C8H12N2OS. The Labute approximate surface area is 75.8 Å². The van der Waals surface area contributed by atoms with Gasteiger partial charge in [-0.1, -0.05) is 0 Å². The molecule has 1 aromatic rings. The van der Waals surface area contributed by atoms with E-state index in [1.54, 1.807) is 12.1 Å². The fourth-order valence-electron chi connectivity index (χ4n) is 0.854. The first-order valence-electron chi connectivity index (χ1n) is 3.62. The van der Waals surface area contributed by atoms with Crippen molar-refractivity contribution in [3.05, 3.63) is 18.2 Å². The van der Waals surface area contributed by atoms with Gasteiger partial charge in [-0.15, -0.1) is 11.8 Å². The summed E-state index contributed by atoms with van der Waals surface area (Å²) in [6, 6.07) is 5.39. The van der Waals surface area contributed by atoms with Crippen LogP contribution in [0.1, 0.15) is 0 Å². The van der Waals surface area contributed by atoms with E-state index in [1.807, 2.05) is 6.07 Å². The van der Waals surface area contributed by atoms with Crippen molar-refractivity contribution < 1.29 is 5.11 Å². The van der Waals surface area contributed by atoms with Crippen molar-refractivity contribution in [1.82, 2.24) is 0 Å². The second-order valence-corrected chi connectivity index (χ2v) is 3.51. The smallest absolute Gasteiger partial charge is 0.0525 e. The molecule has 1 rings (SSSR count). The van der Waals surface area contributed by atoms with Crippen LogP contribution in [0, 0.1) is 0 Å². The van der Waals surface area contributed by atoms with Gasteiger partial charge in [0, 0.05) is 22.0 Å². The van der Waals surface area contributed by atoms with E-state index < -0.39 is 0 Å². The summed E-state index contributed by atoms with van der Waals surface area (Å²) in [5.41, 5.74) is 12.5. The molecular weight excluding hydrogens is 172 g/mol. The average molecular weight is 184 g/mol. The molecule has 0 aromatic heterocycles. The highest BCUT2D eigenvalue weighted by molar-refractivity contribution is 7.99. The summed E-state index contributed by atoms with van der Waals surface area (Å²) in [7, 11) is 0. The average Bonchev–Trinajstić information content (AvgIpc) is 2.03. The van der Waals surface area contributed by atoms with Gasteiger partial charge in [0.15, 0.2) is 0 Å². The minimum atomic E-state index is 0.161. The quantitative estimate of drug-likeness (QED) is 0.483. The Hall–Kier alpha value is -0.870. The Kier molecular flexibility index (Phi) is 3.25. The number of thioether (sulfide) groups is 1. The lowest BCUT2D eigenvalue weighted by atomic mass is 10.3. The van der Waals surface area contributed by atoms with Crippen molar-refractivity contribution in [2.24, 2.45) is 0 Å². The molecule has 0 radical (unpaired) electrons. The number of aliphatic hydroxyl groups is 1. The molecule has 0 heterocycles. The van der Waals surface area contributed by atoms with Gasteiger partial charge in [0.1, 0.15) is 0 Å². The van der Waals surface area contributed by atoms with Gasteiger partial charge in [0.2, 0.25) is 0 Å². The topological polar surface area (TPSA) is 72.3 Å². The number of nitrogen functional groups attached to an aromatic ring is 2. The monoisotopic (exact) mass is 184 g/mol. The van der Waals surface area contributed by atoms with Crippen LogP contribution in [0.5, 0.6) is 0 Å². The maximum atomic E-state index is 8.59. The molecule has 0 aliphatic carbocycles. The molecule has 0 aliphatic heterocycles. The van der Waals surface area contributed by atoms with Crippen molar-refractivity contribution in [3.63, 3.8) is 0 Å². The molecule has 0 amide bonds. The SMILES string of the molecule is Nc1ccc(SCCO)c(N)c1. The van der Waals surface area contributed by atoms with E-state index in [9.17, 15) is 0 Å². The summed E-state index contributed by atoms with van der Waals surface area (Å²) in [4.78, 5) is 0.971. The van der Waals surface area contributed by atoms with Gasteiger partial charge in [0.05, 0.1) is 6.61 Å². The van der Waals surface area contributed by atoms with Crippen molar-refractivity contribution in [2.75, 3.05) is 23.8 Å². The molecule has 0 fully saturated rings. The predicted octanol–water partition coefficient (Wildman–Crippen LogP) is 0.935. The summed E-state index contributed by atoms with van der Waals surface area (Å²) in [6.07, 6.45) is 0. The lowest BCUT2D eigenvalue weighted by molar-refractivity contribution is 0.322. The van der Waals surface area contributed by atoms with Crippen molar-refractivity contribution in [3.8, 4) is 0 Å². The van der Waals surface area contributed by atoms with E-state index in [1.165, 1.54) is 11.8 Å². The second kappa shape index (κ2) is 4.23. The molecule has 4 heteroatoms. The first-order chi connectivity index (χ1) is 5.74. The Morgan fingerprint density at radius 2 is 2.08 bits per heavy atom. The van der Waals surface area contributed by atoms with Crippen LogP contribution in [0.3, 0.4) is 0 Å². The van der Waals surface area contributed by atoms with Crippen LogP contribution in [0.25, 0.3) is 0 Å². The van der Waals surface area contributed by atoms with Gasteiger partial charge in [-0.25, -0.2) is 0 Å². The van der Waals surface area contributed by atoms with E-state index in [0.717, 1.165) is 4.90 Å². The minimum absolute atomic E-state index is 0.161. The third-order valence-electron chi connectivity index (χ3n) is 1.38. The molecule has 0 saturated carbocycles. The second-order valence-electron chi connectivity index (χ2n) is 2.37. The highest BCUT2D eigenvalue weighted by Gasteiger charge is 1.98. The molecule has 1 aromatic carbocycles. The zero-order valence-electron chi connectivity index (χ0n) is 6.66. The van der Waals surface area contributed by atoms with Crippen LogP contribution in [0.4, 0.5) is 11.4 Å². The minimum Gasteiger partial charge on any atom is -0.399 e. The normalized spacial score (nSPS) is 10.1. The predicted molar refractivity (Wildman–Crippen MR) is 53.1 cm³/mol. The van der Waals surface area contributed by atoms with E-state index in [2.05, 4.69) is 0 Å². The molecule has 0 unspecified atom stereocenters. The molecule has 0 spiro atoms. The lowest BCUT2D eigenvalue weighted by Crippen LogP contribution is -1.93. The number of anilines is 2. The zero-order chi connectivity index (χ0) is 8.97. The van der Waals surface area contributed by atoms with E-state index in [0.29, 0.717) is 17.1 Å². The first kappa shape index (κ1) is 9.22. The standard InChI is InChI=1S/C8H12N2OS/c9-6-1-2-8(7(10)5-6)12-4-3-11/h1-2,5,11H,3-4,9-10H2. The highest BCUT2D eigenvalue weighted by Crippen LogP contribution is 2.26. The van der Waals surface area contributed by atoms with Gasteiger partial charge in [0.25, 0.3) is 0 Å². The fourth-order valence-corrected chi connectivity index (χ4v) is 1.56. The third-order valence-corrected chi connectivity index (χ3v) is 2.45. The van der Waals surface area contributed by atoms with Gasteiger partial charge in [-0.05, 0) is 18.2 Å². The van der Waals surface area contributed by atoms with Crippen molar-refractivity contribution in [2.45, 2.75) is 4.90 Å². The number of rotatable bonds is 3. The van der Waals surface area contributed by atoms with Gasteiger partial charge >= 0.3 is 0 Å². The van der Waals surface area contributed by atoms with Crippen LogP contribution in [-0.4, -0.2) is 17.5 Å². The van der Waals surface area contributed by atoms with Crippen LogP contribution in [0.15, 0.2) is 23.1 Å². The molecule has 12 heavy (non-hydrogen) atoms. The van der Waals surface area contributed by atoms with Crippen LogP contribution >= 0.6 is 11.8 Å². The molecule has 0 saturated heterocycles. The summed E-state index contributed by atoms with van der Waals surface area (Å²) < 4.78 is 0. The van der Waals surface area contributed by atoms with Gasteiger partial charge < -0.3 is 16.6 Å². The largest absolute Gasteiger partial charge is 0.399 e. The molecule has 0 aliphatic rings. The number of benzene rings is 1. The molecule has 0 bridgehead atoms. The molecule has 0 atom stereocenters. The van der Waals surface area contributed by atoms with E-state index in [4.69, 9.17) is 16.6 Å². The van der Waals surface area contributed by atoms with Crippen molar-refractivity contribution >= 4 is 23.1 Å². The summed E-state index contributed by atoms with van der Waals surface area (Å²) in [5.74, 6) is 0.661. The summed E-state index contributed by atoms with van der Waals surface area (Å²) >= 11 is 1.53. The maximum Gasteiger partial charge on any atom is 0.0525 e. The van der Waals surface area contributed by atoms with E-state index in [-0.39, 0.29) is 6.61 Å². The number of hydrogen-bond donors (Lipinski definition) is 3. The Bertz CT molecular complexity index is 265.